The third-order valence-electron chi connectivity index (χ3n) is 3.89. The van der Waals surface area contributed by atoms with Gasteiger partial charge in [0.25, 0.3) is 0 Å². The Hall–Kier alpha value is -1.98. The number of carboxylic acid groups (broad SMARTS) is 1. The van der Waals surface area contributed by atoms with E-state index in [1.807, 2.05) is 0 Å². The molecule has 1 aromatic carbocycles. The van der Waals surface area contributed by atoms with Crippen molar-refractivity contribution < 1.29 is 23.5 Å². The lowest BCUT2D eigenvalue weighted by Gasteiger charge is -2.34. The van der Waals surface area contributed by atoms with Crippen LogP contribution in [0.4, 0.5) is 8.78 Å². The highest BCUT2D eigenvalue weighted by atomic mass is 19.1. The van der Waals surface area contributed by atoms with Crippen LogP contribution in [-0.2, 0) is 16.0 Å². The number of rotatable bonds is 4. The molecule has 0 radical (unpaired) electrons. The quantitative estimate of drug-likeness (QED) is 0.897. The maximum absolute atomic E-state index is 13.5. The van der Waals surface area contributed by atoms with Crippen LogP contribution in [0.3, 0.4) is 0 Å². The predicted octanol–water partition coefficient (Wildman–Crippen LogP) is 2.41. The molecule has 0 saturated heterocycles. The summed E-state index contributed by atoms with van der Waals surface area (Å²) in [7, 11) is 0. The number of carbonyl (C=O) groups excluding carboxylic acids is 1. The second-order valence-corrected chi connectivity index (χ2v) is 5.37. The predicted molar refractivity (Wildman–Crippen MR) is 71.7 cm³/mol. The molecule has 0 atom stereocenters. The Morgan fingerprint density at radius 2 is 1.71 bits per heavy atom. The van der Waals surface area contributed by atoms with Gasteiger partial charge in [-0.25, -0.2) is 13.6 Å². The molecule has 21 heavy (non-hydrogen) atoms. The summed E-state index contributed by atoms with van der Waals surface area (Å²) in [5.41, 5.74) is -1.65. The van der Waals surface area contributed by atoms with Crippen molar-refractivity contribution in [1.29, 1.82) is 0 Å². The van der Waals surface area contributed by atoms with Crippen molar-refractivity contribution in [3.63, 3.8) is 0 Å². The first-order valence-electron chi connectivity index (χ1n) is 6.92. The summed E-state index contributed by atoms with van der Waals surface area (Å²) in [4.78, 5) is 23.4. The van der Waals surface area contributed by atoms with E-state index in [1.54, 1.807) is 0 Å². The molecular formula is C15H17F2NO3. The van der Waals surface area contributed by atoms with Crippen LogP contribution in [0.2, 0.25) is 0 Å². The monoisotopic (exact) mass is 297 g/mol. The van der Waals surface area contributed by atoms with Gasteiger partial charge < -0.3 is 10.4 Å². The lowest BCUT2D eigenvalue weighted by atomic mass is 9.81. The van der Waals surface area contributed by atoms with E-state index in [0.29, 0.717) is 25.7 Å². The molecule has 1 aromatic rings. The van der Waals surface area contributed by atoms with Crippen LogP contribution in [-0.4, -0.2) is 22.5 Å². The van der Waals surface area contributed by atoms with Crippen LogP contribution in [0, 0.1) is 11.6 Å². The Morgan fingerprint density at radius 1 is 1.14 bits per heavy atom. The van der Waals surface area contributed by atoms with Crippen molar-refractivity contribution >= 4 is 11.9 Å². The average molecular weight is 297 g/mol. The van der Waals surface area contributed by atoms with Gasteiger partial charge >= 0.3 is 5.97 Å². The minimum atomic E-state index is -1.31. The van der Waals surface area contributed by atoms with E-state index in [1.165, 1.54) is 6.07 Å². The number of carboxylic acids is 1. The second kappa shape index (κ2) is 6.20. The van der Waals surface area contributed by atoms with Gasteiger partial charge in [0.05, 0.1) is 6.42 Å². The maximum atomic E-state index is 13.5. The fraction of sp³-hybridized carbons (Fsp3) is 0.467. The van der Waals surface area contributed by atoms with Gasteiger partial charge in [-0.3, -0.25) is 4.79 Å². The summed E-state index contributed by atoms with van der Waals surface area (Å²) in [5.74, 6) is -3.39. The first kappa shape index (κ1) is 15.4. The molecule has 1 fully saturated rings. The highest BCUT2D eigenvalue weighted by Crippen LogP contribution is 2.28. The number of aliphatic carboxylic acids is 1. The molecule has 1 saturated carbocycles. The standard InChI is InChI=1S/C15H17F2NO3/c16-11-5-4-6-12(17)10(11)9-13(19)18-15(14(20)21)7-2-1-3-8-15/h4-6H,1-3,7-9H2,(H,18,19)(H,20,21). The van der Waals surface area contributed by atoms with Crippen molar-refractivity contribution in [3.8, 4) is 0 Å². The number of hydrogen-bond acceptors (Lipinski definition) is 2. The van der Waals surface area contributed by atoms with Crippen molar-refractivity contribution in [2.75, 3.05) is 0 Å². The van der Waals surface area contributed by atoms with E-state index in [2.05, 4.69) is 5.32 Å². The molecule has 0 bridgehead atoms. The van der Waals surface area contributed by atoms with Crippen LogP contribution < -0.4 is 5.32 Å². The van der Waals surface area contributed by atoms with Crippen molar-refractivity contribution in [2.45, 2.75) is 44.1 Å². The summed E-state index contributed by atoms with van der Waals surface area (Å²) < 4.78 is 27.0. The third-order valence-corrected chi connectivity index (χ3v) is 3.89. The molecule has 0 spiro atoms. The lowest BCUT2D eigenvalue weighted by Crippen LogP contribution is -2.56. The fourth-order valence-corrected chi connectivity index (χ4v) is 2.72. The Labute approximate surface area is 121 Å². The number of hydrogen-bond donors (Lipinski definition) is 2. The van der Waals surface area contributed by atoms with Crippen LogP contribution in [0.1, 0.15) is 37.7 Å². The van der Waals surface area contributed by atoms with Gasteiger partial charge in [-0.15, -0.1) is 0 Å². The molecular weight excluding hydrogens is 280 g/mol. The van der Waals surface area contributed by atoms with Crippen LogP contribution >= 0.6 is 0 Å². The highest BCUT2D eigenvalue weighted by Gasteiger charge is 2.40. The number of benzene rings is 1. The largest absolute Gasteiger partial charge is 0.480 e. The molecule has 1 aliphatic carbocycles. The minimum Gasteiger partial charge on any atom is -0.480 e. The molecule has 1 amide bonds. The maximum Gasteiger partial charge on any atom is 0.329 e. The zero-order valence-corrected chi connectivity index (χ0v) is 11.5. The zero-order valence-electron chi connectivity index (χ0n) is 11.5. The normalized spacial score (nSPS) is 17.2. The summed E-state index contributed by atoms with van der Waals surface area (Å²) in [6.45, 7) is 0. The number of carbonyl (C=O) groups is 2. The third kappa shape index (κ3) is 3.37. The fourth-order valence-electron chi connectivity index (χ4n) is 2.72. The first-order chi connectivity index (χ1) is 9.94. The molecule has 2 N–H and O–H groups in total. The zero-order chi connectivity index (χ0) is 15.5. The van der Waals surface area contributed by atoms with E-state index in [4.69, 9.17) is 0 Å². The van der Waals surface area contributed by atoms with E-state index in [-0.39, 0.29) is 5.56 Å². The average Bonchev–Trinajstić information content (AvgIpc) is 2.44. The lowest BCUT2D eigenvalue weighted by molar-refractivity contribution is -0.149. The second-order valence-electron chi connectivity index (χ2n) is 5.37. The van der Waals surface area contributed by atoms with E-state index >= 15 is 0 Å². The van der Waals surface area contributed by atoms with E-state index in [9.17, 15) is 23.5 Å². The molecule has 0 unspecified atom stereocenters. The summed E-state index contributed by atoms with van der Waals surface area (Å²) in [6.07, 6.45) is 2.52. The van der Waals surface area contributed by atoms with Gasteiger partial charge in [0, 0.05) is 5.56 Å². The van der Waals surface area contributed by atoms with Crippen molar-refractivity contribution in [3.05, 3.63) is 35.4 Å². The highest BCUT2D eigenvalue weighted by molar-refractivity contribution is 5.88. The molecule has 0 aliphatic heterocycles. The SMILES string of the molecule is O=C(Cc1c(F)cccc1F)NC1(C(=O)O)CCCCC1. The van der Waals surface area contributed by atoms with Gasteiger partial charge in [0.1, 0.15) is 17.2 Å². The molecule has 1 aliphatic rings. The van der Waals surface area contributed by atoms with E-state index in [0.717, 1.165) is 18.6 Å². The van der Waals surface area contributed by atoms with Gasteiger partial charge in [-0.05, 0) is 25.0 Å². The number of nitrogens with one attached hydrogen (secondary N) is 1. The Morgan fingerprint density at radius 3 is 2.24 bits per heavy atom. The number of halogens is 2. The molecule has 114 valence electrons. The Kier molecular flexibility index (Phi) is 4.55. The molecule has 0 heterocycles. The molecule has 4 nitrogen and oxygen atoms in total. The smallest absolute Gasteiger partial charge is 0.329 e. The molecule has 6 heteroatoms. The Balaban J connectivity index is 2.11. The molecule has 2 rings (SSSR count). The summed E-state index contributed by atoms with van der Waals surface area (Å²) in [6, 6.07) is 3.35. The summed E-state index contributed by atoms with van der Waals surface area (Å²) in [5, 5.41) is 11.8. The van der Waals surface area contributed by atoms with Crippen LogP contribution in [0.15, 0.2) is 18.2 Å². The minimum absolute atomic E-state index is 0.341. The van der Waals surface area contributed by atoms with Gasteiger partial charge in [-0.1, -0.05) is 25.3 Å². The Bertz CT molecular complexity index is 534. The van der Waals surface area contributed by atoms with E-state index < -0.39 is 35.5 Å². The van der Waals surface area contributed by atoms with Crippen LogP contribution in [0.5, 0.6) is 0 Å². The van der Waals surface area contributed by atoms with Gasteiger partial charge in [0.15, 0.2) is 0 Å². The van der Waals surface area contributed by atoms with Crippen molar-refractivity contribution in [1.82, 2.24) is 5.32 Å². The van der Waals surface area contributed by atoms with Gasteiger partial charge in [0.2, 0.25) is 5.91 Å². The topological polar surface area (TPSA) is 66.4 Å². The van der Waals surface area contributed by atoms with Crippen LogP contribution in [0.25, 0.3) is 0 Å². The number of amides is 1. The van der Waals surface area contributed by atoms with Crippen molar-refractivity contribution in [2.24, 2.45) is 0 Å². The first-order valence-corrected chi connectivity index (χ1v) is 6.92. The molecule has 0 aromatic heterocycles. The summed E-state index contributed by atoms with van der Waals surface area (Å²) >= 11 is 0. The van der Waals surface area contributed by atoms with Gasteiger partial charge in [-0.2, -0.15) is 0 Å².